The number of aromatic nitrogens is 6. The van der Waals surface area contributed by atoms with Gasteiger partial charge in [0.1, 0.15) is 5.52 Å². The molecule has 0 aliphatic heterocycles. The lowest BCUT2D eigenvalue weighted by atomic mass is 10.0. The zero-order valence-electron chi connectivity index (χ0n) is 24.9. The minimum Gasteiger partial charge on any atom is -0.434 e. The Morgan fingerprint density at radius 2 is 0.957 bits per heavy atom. The molecule has 0 atom stereocenters. The number of hydrogen-bond donors (Lipinski definition) is 0. The number of pyridine rings is 1. The van der Waals surface area contributed by atoms with Crippen molar-refractivity contribution in [3.05, 3.63) is 146 Å². The lowest BCUT2D eigenvalue weighted by molar-refractivity contribution is 0.651. The first-order valence-electron chi connectivity index (χ1n) is 15.3. The number of fused-ring (bicyclic) bond motifs is 4. The molecule has 220 valence electrons. The first-order valence-corrected chi connectivity index (χ1v) is 15.3. The summed E-state index contributed by atoms with van der Waals surface area (Å²) < 4.78 is 6.02. The van der Waals surface area contributed by atoms with Crippen LogP contribution in [0.1, 0.15) is 0 Å². The van der Waals surface area contributed by atoms with E-state index in [9.17, 15) is 0 Å². The molecule has 7 nitrogen and oxygen atoms in total. The highest BCUT2D eigenvalue weighted by Gasteiger charge is 2.15. The molecule has 47 heavy (non-hydrogen) atoms. The largest absolute Gasteiger partial charge is 0.434 e. The third-order valence-corrected chi connectivity index (χ3v) is 8.25. The van der Waals surface area contributed by atoms with Gasteiger partial charge >= 0.3 is 0 Å². The van der Waals surface area contributed by atoms with E-state index in [0.29, 0.717) is 34.6 Å². The normalized spacial score (nSPS) is 11.4. The number of benzene rings is 5. The van der Waals surface area contributed by atoms with Crippen LogP contribution in [0.25, 0.3) is 89.7 Å². The van der Waals surface area contributed by atoms with Crippen molar-refractivity contribution in [2.24, 2.45) is 0 Å². The van der Waals surface area contributed by atoms with Gasteiger partial charge in [0.2, 0.25) is 5.71 Å². The lowest BCUT2D eigenvalue weighted by Crippen LogP contribution is -2.00. The van der Waals surface area contributed by atoms with Crippen molar-refractivity contribution in [2.75, 3.05) is 0 Å². The van der Waals surface area contributed by atoms with E-state index in [4.69, 9.17) is 24.4 Å². The summed E-state index contributed by atoms with van der Waals surface area (Å²) in [7, 11) is 0. The van der Waals surface area contributed by atoms with Crippen LogP contribution in [0.4, 0.5) is 0 Å². The molecule has 0 radical (unpaired) electrons. The fraction of sp³-hybridized carbons (Fsp3) is 0. The van der Waals surface area contributed by atoms with Crippen molar-refractivity contribution in [3.63, 3.8) is 0 Å². The average Bonchev–Trinajstić information content (AvgIpc) is 3.52. The van der Waals surface area contributed by atoms with E-state index in [1.54, 1.807) is 6.20 Å². The zero-order valence-corrected chi connectivity index (χ0v) is 24.9. The van der Waals surface area contributed by atoms with Crippen LogP contribution in [0.15, 0.2) is 150 Å². The Labute approximate surface area is 269 Å². The molecule has 0 unspecified atom stereocenters. The second-order valence-corrected chi connectivity index (χ2v) is 11.3. The van der Waals surface area contributed by atoms with Gasteiger partial charge in [-0.05, 0) is 28.5 Å². The van der Waals surface area contributed by atoms with E-state index in [1.165, 1.54) is 5.39 Å². The van der Waals surface area contributed by atoms with E-state index in [0.717, 1.165) is 49.7 Å². The van der Waals surface area contributed by atoms with Gasteiger partial charge < -0.3 is 4.42 Å². The van der Waals surface area contributed by atoms with Crippen LogP contribution in [-0.4, -0.2) is 29.9 Å². The summed E-state index contributed by atoms with van der Waals surface area (Å²) in [6, 6.07) is 44.7. The Balaban J connectivity index is 1.09. The first kappa shape index (κ1) is 26.8. The van der Waals surface area contributed by atoms with Gasteiger partial charge in [-0.1, -0.05) is 121 Å². The Morgan fingerprint density at radius 3 is 1.64 bits per heavy atom. The molecule has 4 aromatic heterocycles. The second-order valence-electron chi connectivity index (χ2n) is 11.3. The van der Waals surface area contributed by atoms with Crippen LogP contribution in [-0.2, 0) is 0 Å². The number of rotatable bonds is 5. The highest BCUT2D eigenvalue weighted by atomic mass is 16.3. The van der Waals surface area contributed by atoms with Crippen molar-refractivity contribution in [2.45, 2.75) is 0 Å². The predicted octanol–water partition coefficient (Wildman–Crippen LogP) is 9.44. The second kappa shape index (κ2) is 11.1. The standard InChI is InChI=1S/C40H24N6O/c1-3-10-27(11-4-1)37-44-38(28-12-5-2-6-13-28)46-39(45-37)29-18-15-26(16-19-29)32-22-33-35-34(47-40(33)42-23-32)24-41-36(43-35)31-20-17-25-9-7-8-14-30(25)21-31/h1-24H. The van der Waals surface area contributed by atoms with E-state index in [2.05, 4.69) is 58.5 Å². The molecule has 0 amide bonds. The maximum Gasteiger partial charge on any atom is 0.229 e. The summed E-state index contributed by atoms with van der Waals surface area (Å²) in [6.07, 6.45) is 3.55. The number of nitrogens with zero attached hydrogens (tertiary/aromatic N) is 6. The van der Waals surface area contributed by atoms with Crippen molar-refractivity contribution in [1.82, 2.24) is 29.9 Å². The molecular weight excluding hydrogens is 580 g/mol. The Hall–Kier alpha value is -6.60. The maximum atomic E-state index is 6.02. The van der Waals surface area contributed by atoms with E-state index >= 15 is 0 Å². The molecule has 0 fully saturated rings. The molecular formula is C40H24N6O. The summed E-state index contributed by atoms with van der Waals surface area (Å²) >= 11 is 0. The Kier molecular flexibility index (Phi) is 6.31. The van der Waals surface area contributed by atoms with Gasteiger partial charge in [0.25, 0.3) is 0 Å². The minimum atomic E-state index is 0.525. The predicted molar refractivity (Wildman–Crippen MR) is 185 cm³/mol. The molecule has 9 aromatic rings. The SMILES string of the molecule is c1ccc(-c2nc(-c3ccccc3)nc(-c3ccc(-c4cnc5oc6cnc(-c7ccc8ccccc8c7)nc6c5c4)cc3)n2)cc1. The molecule has 5 aromatic carbocycles. The van der Waals surface area contributed by atoms with Gasteiger partial charge in [-0.15, -0.1) is 0 Å². The molecule has 0 N–H and O–H groups in total. The van der Waals surface area contributed by atoms with Crippen molar-refractivity contribution < 1.29 is 4.42 Å². The van der Waals surface area contributed by atoms with Gasteiger partial charge in [0.15, 0.2) is 28.9 Å². The summed E-state index contributed by atoms with van der Waals surface area (Å²) in [5.41, 5.74) is 7.51. The molecule has 4 heterocycles. The van der Waals surface area contributed by atoms with Crippen LogP contribution in [0.2, 0.25) is 0 Å². The molecule has 0 saturated carbocycles. The Morgan fingerprint density at radius 1 is 0.383 bits per heavy atom. The van der Waals surface area contributed by atoms with Crippen LogP contribution in [0.5, 0.6) is 0 Å². The topological polar surface area (TPSA) is 90.5 Å². The molecule has 0 aliphatic carbocycles. The fourth-order valence-electron chi connectivity index (χ4n) is 5.82. The van der Waals surface area contributed by atoms with Crippen LogP contribution < -0.4 is 0 Å². The summed E-state index contributed by atoms with van der Waals surface area (Å²) in [5, 5.41) is 3.15. The fourth-order valence-corrected chi connectivity index (χ4v) is 5.82. The van der Waals surface area contributed by atoms with Gasteiger partial charge in [-0.3, -0.25) is 0 Å². The molecule has 0 bridgehead atoms. The van der Waals surface area contributed by atoms with Crippen molar-refractivity contribution >= 4 is 33.0 Å². The molecule has 7 heteroatoms. The van der Waals surface area contributed by atoms with Gasteiger partial charge in [0.05, 0.1) is 11.6 Å². The summed E-state index contributed by atoms with van der Waals surface area (Å²) in [6.45, 7) is 0. The molecule has 0 spiro atoms. The Bertz CT molecular complexity index is 2510. The monoisotopic (exact) mass is 604 g/mol. The smallest absolute Gasteiger partial charge is 0.229 e. The van der Waals surface area contributed by atoms with Crippen LogP contribution in [0, 0.1) is 0 Å². The first-order chi connectivity index (χ1) is 23.2. The van der Waals surface area contributed by atoms with Crippen LogP contribution >= 0.6 is 0 Å². The summed E-state index contributed by atoms with van der Waals surface area (Å²) in [5.74, 6) is 2.51. The van der Waals surface area contributed by atoms with Gasteiger partial charge in [0, 0.05) is 34.0 Å². The quantitative estimate of drug-likeness (QED) is 0.193. The highest BCUT2D eigenvalue weighted by molar-refractivity contribution is 6.02. The molecule has 0 aliphatic rings. The van der Waals surface area contributed by atoms with E-state index in [1.807, 2.05) is 91.1 Å². The molecule has 0 saturated heterocycles. The lowest BCUT2D eigenvalue weighted by Gasteiger charge is -2.09. The molecule has 9 rings (SSSR count). The third kappa shape index (κ3) is 4.96. The highest BCUT2D eigenvalue weighted by Crippen LogP contribution is 2.32. The zero-order chi connectivity index (χ0) is 31.2. The van der Waals surface area contributed by atoms with Gasteiger partial charge in [-0.2, -0.15) is 0 Å². The van der Waals surface area contributed by atoms with Crippen molar-refractivity contribution in [3.8, 4) is 56.7 Å². The van der Waals surface area contributed by atoms with E-state index < -0.39 is 0 Å². The van der Waals surface area contributed by atoms with Gasteiger partial charge in [-0.25, -0.2) is 29.9 Å². The summed E-state index contributed by atoms with van der Waals surface area (Å²) in [4.78, 5) is 28.7. The third-order valence-electron chi connectivity index (χ3n) is 8.25. The van der Waals surface area contributed by atoms with E-state index in [-0.39, 0.29) is 0 Å². The van der Waals surface area contributed by atoms with Crippen molar-refractivity contribution in [1.29, 1.82) is 0 Å². The number of hydrogen-bond acceptors (Lipinski definition) is 7. The minimum absolute atomic E-state index is 0.525. The van der Waals surface area contributed by atoms with Crippen LogP contribution in [0.3, 0.4) is 0 Å². The average molecular weight is 605 g/mol. The maximum absolute atomic E-state index is 6.02. The number of furan rings is 1.